The highest BCUT2D eigenvalue weighted by atomic mass is 32.1. The van der Waals surface area contributed by atoms with Gasteiger partial charge in [0.1, 0.15) is 6.61 Å². The molecular weight excluding hydrogens is 165 g/mol. The molecular formula is C7H8FNOS. The second kappa shape index (κ2) is 2.46. The maximum atomic E-state index is 12.8. The van der Waals surface area contributed by atoms with Gasteiger partial charge in [0.25, 0.3) is 0 Å². The van der Waals surface area contributed by atoms with Crippen molar-refractivity contribution in [2.45, 2.75) is 12.5 Å². The molecule has 0 radical (unpaired) electrons. The van der Waals surface area contributed by atoms with Crippen molar-refractivity contribution in [2.75, 3.05) is 6.61 Å². The fourth-order valence-electron chi connectivity index (χ4n) is 1.14. The third-order valence-electron chi connectivity index (χ3n) is 1.66. The maximum Gasteiger partial charge on any atom is 0.176 e. The monoisotopic (exact) mass is 173 g/mol. The Morgan fingerprint density at radius 3 is 3.36 bits per heavy atom. The van der Waals surface area contributed by atoms with Gasteiger partial charge >= 0.3 is 0 Å². The van der Waals surface area contributed by atoms with E-state index in [4.69, 9.17) is 10.5 Å². The largest absolute Gasteiger partial charge is 0.488 e. The quantitative estimate of drug-likeness (QED) is 0.638. The number of ether oxygens (including phenoxy) is 1. The summed E-state index contributed by atoms with van der Waals surface area (Å²) in [6.07, 6.45) is 0.740. The van der Waals surface area contributed by atoms with Crippen LogP contribution in [0.3, 0.4) is 0 Å². The molecule has 0 spiro atoms. The van der Waals surface area contributed by atoms with Crippen LogP contribution in [-0.4, -0.2) is 12.6 Å². The lowest BCUT2D eigenvalue weighted by Crippen LogP contribution is -2.33. The first-order chi connectivity index (χ1) is 5.27. The van der Waals surface area contributed by atoms with Crippen LogP contribution in [0.4, 0.5) is 4.39 Å². The van der Waals surface area contributed by atoms with E-state index >= 15 is 0 Å². The van der Waals surface area contributed by atoms with Crippen LogP contribution in [0, 0.1) is 5.82 Å². The molecule has 1 aliphatic rings. The molecule has 1 aromatic rings. The molecule has 0 saturated carbocycles. The van der Waals surface area contributed by atoms with E-state index in [9.17, 15) is 4.39 Å². The molecule has 0 amide bonds. The van der Waals surface area contributed by atoms with Gasteiger partial charge in [0.2, 0.25) is 0 Å². The van der Waals surface area contributed by atoms with Crippen LogP contribution in [-0.2, 0) is 6.42 Å². The van der Waals surface area contributed by atoms with E-state index in [0.717, 1.165) is 11.3 Å². The first-order valence-corrected chi connectivity index (χ1v) is 4.29. The summed E-state index contributed by atoms with van der Waals surface area (Å²) >= 11 is 1.38. The van der Waals surface area contributed by atoms with Gasteiger partial charge in [-0.2, -0.15) is 0 Å². The van der Waals surface area contributed by atoms with Crippen molar-refractivity contribution in [1.82, 2.24) is 0 Å². The Morgan fingerprint density at radius 1 is 1.73 bits per heavy atom. The predicted molar refractivity (Wildman–Crippen MR) is 41.5 cm³/mol. The lowest BCUT2D eigenvalue weighted by molar-refractivity contribution is 0.255. The van der Waals surface area contributed by atoms with E-state index in [-0.39, 0.29) is 11.9 Å². The Hall–Kier alpha value is -0.610. The van der Waals surface area contributed by atoms with Gasteiger partial charge < -0.3 is 10.5 Å². The summed E-state index contributed by atoms with van der Waals surface area (Å²) in [6.45, 7) is 0.431. The lowest BCUT2D eigenvalue weighted by Gasteiger charge is -2.18. The topological polar surface area (TPSA) is 35.2 Å². The maximum absolute atomic E-state index is 12.8. The second-order valence-electron chi connectivity index (χ2n) is 2.61. The molecule has 0 aliphatic carbocycles. The Morgan fingerprint density at radius 2 is 2.55 bits per heavy atom. The van der Waals surface area contributed by atoms with E-state index in [1.807, 2.05) is 0 Å². The minimum Gasteiger partial charge on any atom is -0.488 e. The molecule has 4 heteroatoms. The SMILES string of the molecule is NC1COc2c(F)csc2C1. The van der Waals surface area contributed by atoms with E-state index in [2.05, 4.69) is 0 Å². The van der Waals surface area contributed by atoms with Gasteiger partial charge in [-0.15, -0.1) is 11.3 Å². The Kier molecular flexibility index (Phi) is 1.58. The molecule has 2 nitrogen and oxygen atoms in total. The molecule has 0 saturated heterocycles. The number of hydrogen-bond donors (Lipinski definition) is 1. The molecule has 0 fully saturated rings. The van der Waals surface area contributed by atoms with Crippen LogP contribution in [0.5, 0.6) is 5.75 Å². The van der Waals surface area contributed by atoms with Crippen molar-refractivity contribution >= 4 is 11.3 Å². The minimum absolute atomic E-state index is 0.0283. The van der Waals surface area contributed by atoms with Crippen molar-refractivity contribution < 1.29 is 9.13 Å². The second-order valence-corrected chi connectivity index (χ2v) is 3.58. The number of rotatable bonds is 0. The first-order valence-electron chi connectivity index (χ1n) is 3.41. The van der Waals surface area contributed by atoms with Crippen molar-refractivity contribution in [3.63, 3.8) is 0 Å². The van der Waals surface area contributed by atoms with Crippen molar-refractivity contribution in [2.24, 2.45) is 5.73 Å². The minimum atomic E-state index is -0.253. The van der Waals surface area contributed by atoms with Crippen LogP contribution < -0.4 is 10.5 Å². The van der Waals surface area contributed by atoms with Gasteiger partial charge in [-0.3, -0.25) is 0 Å². The zero-order valence-corrected chi connectivity index (χ0v) is 6.66. The number of thiophene rings is 1. The van der Waals surface area contributed by atoms with Crippen LogP contribution in [0.1, 0.15) is 4.88 Å². The van der Waals surface area contributed by atoms with E-state index in [0.29, 0.717) is 12.4 Å². The fraction of sp³-hybridized carbons (Fsp3) is 0.429. The van der Waals surface area contributed by atoms with Crippen LogP contribution >= 0.6 is 11.3 Å². The molecule has 2 rings (SSSR count). The summed E-state index contributed by atoms with van der Waals surface area (Å²) in [5, 5.41) is 1.46. The number of nitrogens with two attached hydrogens (primary N) is 1. The Labute approximate surface area is 67.8 Å². The van der Waals surface area contributed by atoms with Gasteiger partial charge in [0, 0.05) is 17.8 Å². The first kappa shape index (κ1) is 7.06. The van der Waals surface area contributed by atoms with E-state index in [1.54, 1.807) is 0 Å². The summed E-state index contributed by atoms with van der Waals surface area (Å²) in [4.78, 5) is 0.932. The molecule has 0 bridgehead atoms. The highest BCUT2D eigenvalue weighted by molar-refractivity contribution is 7.10. The highest BCUT2D eigenvalue weighted by Gasteiger charge is 2.21. The third-order valence-corrected chi connectivity index (χ3v) is 2.63. The van der Waals surface area contributed by atoms with Crippen molar-refractivity contribution in [1.29, 1.82) is 0 Å². The Balaban J connectivity index is 2.36. The van der Waals surface area contributed by atoms with Gasteiger partial charge in [-0.1, -0.05) is 0 Å². The molecule has 2 heterocycles. The number of hydrogen-bond acceptors (Lipinski definition) is 3. The zero-order valence-electron chi connectivity index (χ0n) is 5.84. The summed E-state index contributed by atoms with van der Waals surface area (Å²) in [5.74, 6) is 0.161. The molecule has 60 valence electrons. The van der Waals surface area contributed by atoms with E-state index in [1.165, 1.54) is 16.7 Å². The summed E-state index contributed by atoms with van der Waals surface area (Å²) < 4.78 is 17.9. The molecule has 2 N–H and O–H groups in total. The molecule has 0 aromatic carbocycles. The number of halogens is 1. The fourth-order valence-corrected chi connectivity index (χ4v) is 2.07. The standard InChI is InChI=1S/C7H8FNOS/c8-5-3-11-6-1-4(9)2-10-7(5)6/h3-4H,1-2,9H2. The summed E-state index contributed by atoms with van der Waals surface area (Å²) in [7, 11) is 0. The van der Waals surface area contributed by atoms with Gasteiger partial charge in [0.15, 0.2) is 11.6 Å². The van der Waals surface area contributed by atoms with Gasteiger partial charge in [-0.25, -0.2) is 4.39 Å². The summed E-state index contributed by atoms with van der Waals surface area (Å²) in [5.41, 5.74) is 5.62. The van der Waals surface area contributed by atoms with Crippen molar-refractivity contribution in [3.05, 3.63) is 16.1 Å². The molecule has 1 unspecified atom stereocenters. The summed E-state index contributed by atoms with van der Waals surface area (Å²) in [6, 6.07) is 0.0283. The van der Waals surface area contributed by atoms with Crippen LogP contribution in [0.15, 0.2) is 5.38 Å². The average Bonchev–Trinajstić information content (AvgIpc) is 2.32. The highest BCUT2D eigenvalue weighted by Crippen LogP contribution is 2.32. The normalized spacial score (nSPS) is 22.5. The Bertz CT molecular complexity index is 273. The molecule has 1 aliphatic heterocycles. The van der Waals surface area contributed by atoms with E-state index < -0.39 is 0 Å². The third kappa shape index (κ3) is 1.12. The molecule has 1 atom stereocenters. The molecule has 11 heavy (non-hydrogen) atoms. The lowest BCUT2D eigenvalue weighted by atomic mass is 10.1. The van der Waals surface area contributed by atoms with Gasteiger partial charge in [0.05, 0.1) is 4.88 Å². The van der Waals surface area contributed by atoms with Crippen molar-refractivity contribution in [3.8, 4) is 5.75 Å². The van der Waals surface area contributed by atoms with Gasteiger partial charge in [-0.05, 0) is 0 Å². The predicted octanol–water partition coefficient (Wildman–Crippen LogP) is 1.15. The van der Waals surface area contributed by atoms with Crippen LogP contribution in [0.25, 0.3) is 0 Å². The van der Waals surface area contributed by atoms with Crippen LogP contribution in [0.2, 0.25) is 0 Å². The average molecular weight is 173 g/mol. The zero-order chi connectivity index (χ0) is 7.84. The smallest absolute Gasteiger partial charge is 0.176 e. The number of fused-ring (bicyclic) bond motifs is 1. The molecule has 1 aromatic heterocycles.